The molecule has 0 fully saturated rings. The Hall–Kier alpha value is -1.48. The number of nitrogens with two attached hydrogens (primary N) is 1. The Kier molecular flexibility index (Phi) is 4.86. The smallest absolute Gasteiger partial charge is 0.253 e. The lowest BCUT2D eigenvalue weighted by molar-refractivity contribution is 0.0955. The number of hydrogen-bond donors (Lipinski definition) is 2. The number of nitrogens with one attached hydrogen (secondary N) is 1. The molecule has 4 heteroatoms. The average molecular weight is 239 g/mol. The molecule has 3 N–H and O–H groups in total. The summed E-state index contributed by atoms with van der Waals surface area (Å²) in [6, 6.07) is 5.03. The van der Waals surface area contributed by atoms with Gasteiger partial charge in [0, 0.05) is 6.54 Å². The first-order valence-electron chi connectivity index (χ1n) is 5.10. The van der Waals surface area contributed by atoms with Crippen LogP contribution < -0.4 is 11.1 Å². The Balaban J connectivity index is 2.63. The number of para-hydroxylation sites is 1. The zero-order valence-electron chi connectivity index (χ0n) is 9.16. The minimum atomic E-state index is -0.190. The Morgan fingerprint density at radius 1 is 1.56 bits per heavy atom. The molecule has 0 heterocycles. The van der Waals surface area contributed by atoms with Crippen molar-refractivity contribution in [3.63, 3.8) is 0 Å². The van der Waals surface area contributed by atoms with E-state index < -0.39 is 0 Å². The third-order valence-corrected chi connectivity index (χ3v) is 2.46. The van der Waals surface area contributed by atoms with Crippen molar-refractivity contribution in [3.8, 4) is 0 Å². The molecular formula is C12H15ClN2O. The molecule has 1 aromatic carbocycles. The number of carbonyl (C=O) groups is 1. The summed E-state index contributed by atoms with van der Waals surface area (Å²) in [7, 11) is 0. The van der Waals surface area contributed by atoms with Crippen molar-refractivity contribution in [2.75, 3.05) is 12.3 Å². The number of anilines is 1. The monoisotopic (exact) mass is 238 g/mol. The van der Waals surface area contributed by atoms with Crippen LogP contribution in [0.4, 0.5) is 5.69 Å². The second kappa shape index (κ2) is 6.18. The van der Waals surface area contributed by atoms with Crippen LogP contribution in [0.5, 0.6) is 0 Å². The van der Waals surface area contributed by atoms with Crippen LogP contribution in [-0.2, 0) is 0 Å². The molecule has 0 aromatic heterocycles. The fourth-order valence-corrected chi connectivity index (χ4v) is 1.44. The van der Waals surface area contributed by atoms with E-state index in [2.05, 4.69) is 5.32 Å². The van der Waals surface area contributed by atoms with Crippen molar-refractivity contribution in [1.82, 2.24) is 5.32 Å². The van der Waals surface area contributed by atoms with E-state index in [1.807, 2.05) is 19.1 Å². The van der Waals surface area contributed by atoms with Crippen LogP contribution in [0.2, 0.25) is 5.02 Å². The zero-order chi connectivity index (χ0) is 12.0. The summed E-state index contributed by atoms with van der Waals surface area (Å²) in [4.78, 5) is 11.7. The van der Waals surface area contributed by atoms with E-state index in [9.17, 15) is 4.79 Å². The average Bonchev–Trinajstić information content (AvgIpc) is 2.28. The minimum absolute atomic E-state index is 0.190. The molecule has 1 aromatic rings. The summed E-state index contributed by atoms with van der Waals surface area (Å²) in [5.74, 6) is -0.190. The molecule has 0 spiro atoms. The first kappa shape index (κ1) is 12.6. The SMILES string of the molecule is C/C=C/CCNC(=O)c1cccc(Cl)c1N. The number of amides is 1. The highest BCUT2D eigenvalue weighted by molar-refractivity contribution is 6.33. The summed E-state index contributed by atoms with van der Waals surface area (Å²) in [6.45, 7) is 2.53. The first-order valence-corrected chi connectivity index (χ1v) is 5.48. The molecule has 1 amide bonds. The van der Waals surface area contributed by atoms with Gasteiger partial charge in [0.25, 0.3) is 5.91 Å². The van der Waals surface area contributed by atoms with Gasteiger partial charge in [0.2, 0.25) is 0 Å². The molecule has 0 saturated heterocycles. The summed E-state index contributed by atoms with van der Waals surface area (Å²) in [5.41, 5.74) is 6.46. The lowest BCUT2D eigenvalue weighted by Gasteiger charge is -2.07. The fourth-order valence-electron chi connectivity index (χ4n) is 1.27. The van der Waals surface area contributed by atoms with E-state index in [1.165, 1.54) is 0 Å². The van der Waals surface area contributed by atoms with Gasteiger partial charge in [0.1, 0.15) is 0 Å². The molecule has 0 aliphatic rings. The second-order valence-electron chi connectivity index (χ2n) is 3.31. The number of halogens is 1. The largest absolute Gasteiger partial charge is 0.397 e. The number of benzene rings is 1. The van der Waals surface area contributed by atoms with Crippen molar-refractivity contribution in [2.24, 2.45) is 0 Å². The maximum absolute atomic E-state index is 11.7. The van der Waals surface area contributed by atoms with E-state index in [0.29, 0.717) is 22.8 Å². The van der Waals surface area contributed by atoms with Crippen LogP contribution in [-0.4, -0.2) is 12.5 Å². The van der Waals surface area contributed by atoms with Crippen molar-refractivity contribution < 1.29 is 4.79 Å². The third kappa shape index (κ3) is 3.28. The molecule has 16 heavy (non-hydrogen) atoms. The predicted octanol–water partition coefficient (Wildman–Crippen LogP) is 2.62. The predicted molar refractivity (Wildman–Crippen MR) is 67.6 cm³/mol. The molecule has 0 radical (unpaired) electrons. The number of allylic oxidation sites excluding steroid dienone is 1. The van der Waals surface area contributed by atoms with Crippen molar-refractivity contribution in [3.05, 3.63) is 40.9 Å². The van der Waals surface area contributed by atoms with E-state index in [0.717, 1.165) is 6.42 Å². The van der Waals surface area contributed by atoms with Gasteiger partial charge in [-0.15, -0.1) is 0 Å². The van der Waals surface area contributed by atoms with Gasteiger partial charge in [-0.3, -0.25) is 4.79 Å². The van der Waals surface area contributed by atoms with E-state index in [4.69, 9.17) is 17.3 Å². The molecule has 86 valence electrons. The van der Waals surface area contributed by atoms with Crippen LogP contribution in [0, 0.1) is 0 Å². The molecule has 0 aliphatic heterocycles. The quantitative estimate of drug-likeness (QED) is 0.481. The molecule has 0 bridgehead atoms. The van der Waals surface area contributed by atoms with Gasteiger partial charge >= 0.3 is 0 Å². The van der Waals surface area contributed by atoms with Gasteiger partial charge in [-0.1, -0.05) is 29.8 Å². The van der Waals surface area contributed by atoms with Gasteiger partial charge in [-0.2, -0.15) is 0 Å². The summed E-state index contributed by atoms with van der Waals surface area (Å²) >= 11 is 5.83. The summed E-state index contributed by atoms with van der Waals surface area (Å²) in [5, 5.41) is 3.18. The lowest BCUT2D eigenvalue weighted by Crippen LogP contribution is -2.25. The van der Waals surface area contributed by atoms with Crippen molar-refractivity contribution in [2.45, 2.75) is 13.3 Å². The molecule has 0 unspecified atom stereocenters. The van der Waals surface area contributed by atoms with Crippen molar-refractivity contribution in [1.29, 1.82) is 0 Å². The van der Waals surface area contributed by atoms with Gasteiger partial charge in [0.15, 0.2) is 0 Å². The Morgan fingerprint density at radius 2 is 2.31 bits per heavy atom. The number of nitrogen functional groups attached to an aromatic ring is 1. The van der Waals surface area contributed by atoms with Gasteiger partial charge in [0.05, 0.1) is 16.3 Å². The van der Waals surface area contributed by atoms with Gasteiger partial charge in [-0.05, 0) is 25.5 Å². The van der Waals surface area contributed by atoms with Crippen LogP contribution in [0.1, 0.15) is 23.7 Å². The highest BCUT2D eigenvalue weighted by Crippen LogP contribution is 2.21. The van der Waals surface area contributed by atoms with Gasteiger partial charge in [-0.25, -0.2) is 0 Å². The van der Waals surface area contributed by atoms with Crippen LogP contribution >= 0.6 is 11.6 Å². The number of rotatable bonds is 4. The van der Waals surface area contributed by atoms with Gasteiger partial charge < -0.3 is 11.1 Å². The third-order valence-electron chi connectivity index (χ3n) is 2.13. The van der Waals surface area contributed by atoms with Crippen molar-refractivity contribution >= 4 is 23.2 Å². The Morgan fingerprint density at radius 3 is 3.00 bits per heavy atom. The molecule has 0 atom stereocenters. The Labute approximate surface area is 100 Å². The molecule has 0 saturated carbocycles. The van der Waals surface area contributed by atoms with E-state index >= 15 is 0 Å². The highest BCUT2D eigenvalue weighted by atomic mass is 35.5. The normalized spacial score (nSPS) is 10.6. The number of hydrogen-bond acceptors (Lipinski definition) is 2. The summed E-state index contributed by atoms with van der Waals surface area (Å²) in [6.07, 6.45) is 4.74. The fraction of sp³-hybridized carbons (Fsp3) is 0.250. The number of carbonyl (C=O) groups excluding carboxylic acids is 1. The van der Waals surface area contributed by atoms with Crippen LogP contribution in [0.25, 0.3) is 0 Å². The molecular weight excluding hydrogens is 224 g/mol. The first-order chi connectivity index (χ1) is 7.66. The molecule has 0 aliphatic carbocycles. The second-order valence-corrected chi connectivity index (χ2v) is 3.72. The molecule has 3 nitrogen and oxygen atoms in total. The standard InChI is InChI=1S/C12H15ClN2O/c1-2-3-4-8-15-12(16)9-6-5-7-10(13)11(9)14/h2-3,5-7H,4,8,14H2,1H3,(H,15,16)/b3-2+. The molecule has 1 rings (SSSR count). The topological polar surface area (TPSA) is 55.1 Å². The zero-order valence-corrected chi connectivity index (χ0v) is 9.92. The van der Waals surface area contributed by atoms with E-state index in [1.54, 1.807) is 18.2 Å². The maximum atomic E-state index is 11.7. The lowest BCUT2D eigenvalue weighted by atomic mass is 10.1. The van der Waals surface area contributed by atoms with Crippen LogP contribution in [0.15, 0.2) is 30.4 Å². The van der Waals surface area contributed by atoms with E-state index in [-0.39, 0.29) is 5.91 Å². The maximum Gasteiger partial charge on any atom is 0.253 e. The van der Waals surface area contributed by atoms with Crippen LogP contribution in [0.3, 0.4) is 0 Å². The minimum Gasteiger partial charge on any atom is -0.397 e. The highest BCUT2D eigenvalue weighted by Gasteiger charge is 2.10. The Bertz CT molecular complexity index is 402. The summed E-state index contributed by atoms with van der Waals surface area (Å²) < 4.78 is 0.